The maximum Gasteiger partial charge on any atom is 0.122 e. The van der Waals surface area contributed by atoms with Gasteiger partial charge in [-0.05, 0) is 91.3 Å². The van der Waals surface area contributed by atoms with E-state index in [-0.39, 0.29) is 14.9 Å². The van der Waals surface area contributed by atoms with Crippen molar-refractivity contribution < 1.29 is 18.9 Å². The molecule has 0 spiro atoms. The number of aryl methyl sites for hydroxylation is 3. The van der Waals surface area contributed by atoms with Crippen molar-refractivity contribution in [1.29, 1.82) is 0 Å². The molecule has 0 aliphatic rings. The molecule has 4 nitrogen and oxygen atoms in total. The number of para-hydroxylation sites is 1. The number of ether oxygens (including phenoxy) is 4. The van der Waals surface area contributed by atoms with Gasteiger partial charge < -0.3 is 18.9 Å². The van der Waals surface area contributed by atoms with Crippen LogP contribution >= 0.6 is 0 Å². The third-order valence-electron chi connectivity index (χ3n) is 6.35. The van der Waals surface area contributed by atoms with Gasteiger partial charge in [-0.2, -0.15) is 0 Å². The monoisotopic (exact) mass is 590 g/mol. The van der Waals surface area contributed by atoms with Gasteiger partial charge in [0.25, 0.3) is 0 Å². The molecule has 0 heterocycles. The summed E-state index contributed by atoms with van der Waals surface area (Å²) in [6.45, 7) is 14.9. The minimum atomic E-state index is 0. The molecule has 0 aromatic heterocycles. The first kappa shape index (κ1) is 41.2. The highest BCUT2D eigenvalue weighted by Crippen LogP contribution is 2.27. The molecule has 0 saturated carbocycles. The second kappa shape index (κ2) is 22.6. The minimum Gasteiger partial charge on any atom is -0.497 e. The first-order chi connectivity index (χ1) is 19.6. The third kappa shape index (κ3) is 15.8. The molecule has 0 amide bonds. The lowest BCUT2D eigenvalue weighted by atomic mass is 10.0. The molecule has 4 rings (SSSR count). The molecular formula is C39H58O4. The molecule has 0 fully saturated rings. The summed E-state index contributed by atoms with van der Waals surface area (Å²) in [5.74, 6) is 4.92. The van der Waals surface area contributed by atoms with Gasteiger partial charge in [0.15, 0.2) is 0 Å². The second-order valence-corrected chi connectivity index (χ2v) is 10.3. The van der Waals surface area contributed by atoms with Gasteiger partial charge in [0, 0.05) is 0 Å². The molecule has 0 aliphatic carbocycles. The van der Waals surface area contributed by atoms with Gasteiger partial charge in [-0.25, -0.2) is 0 Å². The zero-order valence-electron chi connectivity index (χ0n) is 26.9. The lowest BCUT2D eigenvalue weighted by Gasteiger charge is -2.11. The van der Waals surface area contributed by atoms with Crippen LogP contribution in [0.2, 0.25) is 0 Å². The molecule has 43 heavy (non-hydrogen) atoms. The van der Waals surface area contributed by atoms with Crippen molar-refractivity contribution in [3.8, 4) is 23.0 Å². The Morgan fingerprint density at radius 2 is 0.977 bits per heavy atom. The highest BCUT2D eigenvalue weighted by molar-refractivity contribution is 5.39. The molecule has 4 heteroatoms. The van der Waals surface area contributed by atoms with Crippen LogP contribution in [0.1, 0.15) is 82.2 Å². The van der Waals surface area contributed by atoms with E-state index in [0.717, 1.165) is 23.0 Å². The molecule has 0 unspecified atom stereocenters. The van der Waals surface area contributed by atoms with Crippen molar-refractivity contribution in [2.75, 3.05) is 28.4 Å². The predicted molar refractivity (Wildman–Crippen MR) is 188 cm³/mol. The molecule has 0 radical (unpaired) electrons. The van der Waals surface area contributed by atoms with E-state index in [9.17, 15) is 0 Å². The zero-order chi connectivity index (χ0) is 30.8. The van der Waals surface area contributed by atoms with Crippen LogP contribution in [-0.4, -0.2) is 28.4 Å². The number of hydrogen-bond acceptors (Lipinski definition) is 4. The van der Waals surface area contributed by atoms with E-state index in [1.165, 1.54) is 27.8 Å². The van der Waals surface area contributed by atoms with Crippen LogP contribution in [0.3, 0.4) is 0 Å². The lowest BCUT2D eigenvalue weighted by Crippen LogP contribution is -1.94. The van der Waals surface area contributed by atoms with Gasteiger partial charge >= 0.3 is 0 Å². The van der Waals surface area contributed by atoms with Crippen LogP contribution in [-0.2, 0) is 0 Å². The summed E-state index contributed by atoms with van der Waals surface area (Å²) in [7, 11) is 6.77. The lowest BCUT2D eigenvalue weighted by molar-refractivity contribution is 0.407. The number of methoxy groups -OCH3 is 4. The van der Waals surface area contributed by atoms with E-state index in [1.54, 1.807) is 28.4 Å². The Morgan fingerprint density at radius 1 is 0.465 bits per heavy atom. The van der Waals surface area contributed by atoms with E-state index in [2.05, 4.69) is 84.9 Å². The van der Waals surface area contributed by atoms with Crippen molar-refractivity contribution in [3.05, 3.63) is 119 Å². The Kier molecular flexibility index (Phi) is 21.7. The summed E-state index contributed by atoms with van der Waals surface area (Å²) >= 11 is 0. The molecule has 4 aromatic rings. The van der Waals surface area contributed by atoms with Gasteiger partial charge in [-0.15, -0.1) is 0 Å². The van der Waals surface area contributed by atoms with Crippen molar-refractivity contribution >= 4 is 0 Å². The highest BCUT2D eigenvalue weighted by atomic mass is 16.5. The number of rotatable bonds is 6. The fraction of sp³-hybridized carbons (Fsp3) is 0.385. The van der Waals surface area contributed by atoms with E-state index in [1.807, 2.05) is 54.6 Å². The minimum absolute atomic E-state index is 0. The van der Waals surface area contributed by atoms with Gasteiger partial charge in [0.1, 0.15) is 23.0 Å². The Balaban J connectivity index is 0. The SMILES string of the molecule is C.C.COc1cc(C(C)C)ccc1C.COc1cc(C)ccc1C(C)C.COc1ccc(C)cc1.COc1ccccc1. The molecule has 4 aromatic carbocycles. The Morgan fingerprint density at radius 3 is 1.42 bits per heavy atom. The second-order valence-electron chi connectivity index (χ2n) is 10.3. The van der Waals surface area contributed by atoms with E-state index < -0.39 is 0 Å². The maximum absolute atomic E-state index is 5.29. The van der Waals surface area contributed by atoms with Crippen LogP contribution in [0.15, 0.2) is 91.0 Å². The summed E-state index contributed by atoms with van der Waals surface area (Å²) in [5, 5.41) is 0. The van der Waals surface area contributed by atoms with Gasteiger partial charge in [0.05, 0.1) is 28.4 Å². The van der Waals surface area contributed by atoms with Crippen molar-refractivity contribution in [2.45, 2.75) is 75.2 Å². The summed E-state index contributed by atoms with van der Waals surface area (Å²) in [4.78, 5) is 0. The molecule has 0 N–H and O–H groups in total. The largest absolute Gasteiger partial charge is 0.497 e. The van der Waals surface area contributed by atoms with Crippen molar-refractivity contribution in [3.63, 3.8) is 0 Å². The summed E-state index contributed by atoms with van der Waals surface area (Å²) in [5.41, 5.74) is 6.31. The van der Waals surface area contributed by atoms with Crippen LogP contribution in [0, 0.1) is 20.8 Å². The fourth-order valence-corrected chi connectivity index (χ4v) is 3.72. The predicted octanol–water partition coefficient (Wildman–Crippen LogP) is 11.2. The van der Waals surface area contributed by atoms with Crippen LogP contribution in [0.5, 0.6) is 23.0 Å². The maximum atomic E-state index is 5.29. The molecule has 0 aliphatic heterocycles. The smallest absolute Gasteiger partial charge is 0.122 e. The molecule has 0 saturated heterocycles. The normalized spacial score (nSPS) is 9.33. The van der Waals surface area contributed by atoms with Crippen molar-refractivity contribution in [1.82, 2.24) is 0 Å². The van der Waals surface area contributed by atoms with E-state index in [4.69, 9.17) is 18.9 Å². The first-order valence-corrected chi connectivity index (χ1v) is 14.0. The van der Waals surface area contributed by atoms with Gasteiger partial charge in [-0.3, -0.25) is 0 Å². The average molecular weight is 591 g/mol. The number of benzene rings is 4. The van der Waals surface area contributed by atoms with Gasteiger partial charge in [0.2, 0.25) is 0 Å². The van der Waals surface area contributed by atoms with E-state index >= 15 is 0 Å². The molecular weight excluding hydrogens is 532 g/mol. The van der Waals surface area contributed by atoms with Crippen LogP contribution < -0.4 is 18.9 Å². The Hall–Kier alpha value is -3.92. The summed E-state index contributed by atoms with van der Waals surface area (Å²) < 4.78 is 20.4. The van der Waals surface area contributed by atoms with Gasteiger partial charge in [-0.1, -0.05) is 103 Å². The highest BCUT2D eigenvalue weighted by Gasteiger charge is 2.06. The Labute approximate surface area is 264 Å². The van der Waals surface area contributed by atoms with Crippen molar-refractivity contribution in [2.24, 2.45) is 0 Å². The number of hydrogen-bond donors (Lipinski definition) is 0. The van der Waals surface area contributed by atoms with Crippen LogP contribution in [0.25, 0.3) is 0 Å². The molecule has 238 valence electrons. The molecule has 0 atom stereocenters. The summed E-state index contributed by atoms with van der Waals surface area (Å²) in [6.07, 6.45) is 0. The third-order valence-corrected chi connectivity index (χ3v) is 6.35. The van der Waals surface area contributed by atoms with E-state index in [0.29, 0.717) is 11.8 Å². The molecule has 0 bridgehead atoms. The average Bonchev–Trinajstić information content (AvgIpc) is 2.98. The topological polar surface area (TPSA) is 36.9 Å². The Bertz CT molecular complexity index is 1250. The summed E-state index contributed by atoms with van der Waals surface area (Å²) in [6, 6.07) is 30.4. The quantitative estimate of drug-likeness (QED) is 0.224. The first-order valence-electron chi connectivity index (χ1n) is 14.0. The van der Waals surface area contributed by atoms with Crippen LogP contribution in [0.4, 0.5) is 0 Å². The standard InChI is InChI=1S/2C11H16O.C8H10O.C7H8O.2CH4/c1-8(2)10-6-5-9(3)11(7-10)12-4;1-8(2)10-6-5-9(3)7-11(10)12-4;1-7-3-5-8(9-2)6-4-7;1-8-7-5-3-2-4-6-7;;/h2*5-8H,1-4H3;3-6H,1-2H3;2-6H,1H3;2*1H4. The fourth-order valence-electron chi connectivity index (χ4n) is 3.72. The zero-order valence-corrected chi connectivity index (χ0v) is 26.9.